The zero-order valence-electron chi connectivity index (χ0n) is 6.42. The predicted octanol–water partition coefficient (Wildman–Crippen LogP) is 2.03. The predicted molar refractivity (Wildman–Crippen MR) is 46.2 cm³/mol. The third-order valence-electron chi connectivity index (χ3n) is 2.21. The van der Waals surface area contributed by atoms with Crippen molar-refractivity contribution >= 4 is 11.6 Å². The van der Waals surface area contributed by atoms with Gasteiger partial charge in [-0.05, 0) is 18.9 Å². The molecule has 64 valence electrons. The quantitative estimate of drug-likeness (QED) is 0.701. The number of aromatic hydroxyl groups is 1. The van der Waals surface area contributed by atoms with Gasteiger partial charge in [0.15, 0.2) is 0 Å². The normalized spacial score (nSPS) is 19.2. The van der Waals surface area contributed by atoms with Crippen molar-refractivity contribution in [3.63, 3.8) is 0 Å². The Kier molecular flexibility index (Phi) is 1.56. The first-order chi connectivity index (χ1) is 5.63. The number of rotatable bonds is 1. The van der Waals surface area contributed by atoms with Crippen LogP contribution in [0.15, 0.2) is 18.2 Å². The van der Waals surface area contributed by atoms with Crippen LogP contribution in [0, 0.1) is 0 Å². The molecule has 0 atom stereocenters. The van der Waals surface area contributed by atoms with E-state index in [9.17, 15) is 10.2 Å². The highest BCUT2D eigenvalue weighted by atomic mass is 35.5. The van der Waals surface area contributed by atoms with Crippen LogP contribution in [0.2, 0.25) is 5.02 Å². The van der Waals surface area contributed by atoms with Crippen LogP contribution >= 0.6 is 11.6 Å². The molecule has 12 heavy (non-hydrogen) atoms. The van der Waals surface area contributed by atoms with Gasteiger partial charge in [-0.1, -0.05) is 23.7 Å². The third kappa shape index (κ3) is 1.08. The molecule has 0 radical (unpaired) electrons. The van der Waals surface area contributed by atoms with E-state index >= 15 is 0 Å². The van der Waals surface area contributed by atoms with Crippen LogP contribution in [0.25, 0.3) is 0 Å². The molecule has 1 fully saturated rings. The second-order valence-electron chi connectivity index (χ2n) is 3.17. The summed E-state index contributed by atoms with van der Waals surface area (Å²) in [7, 11) is 0. The van der Waals surface area contributed by atoms with Gasteiger partial charge in [0.1, 0.15) is 5.75 Å². The van der Waals surface area contributed by atoms with Crippen LogP contribution in [0.4, 0.5) is 0 Å². The van der Waals surface area contributed by atoms with Crippen molar-refractivity contribution in [2.24, 2.45) is 0 Å². The Balaban J connectivity index is 2.51. The fourth-order valence-electron chi connectivity index (χ4n) is 1.28. The van der Waals surface area contributed by atoms with Gasteiger partial charge in [0.05, 0.1) is 10.6 Å². The molecule has 2 N–H and O–H groups in total. The summed E-state index contributed by atoms with van der Waals surface area (Å²) in [6, 6.07) is 5.04. The molecule has 2 nitrogen and oxygen atoms in total. The smallest absolute Gasteiger partial charge is 0.140 e. The molecule has 0 saturated heterocycles. The molecule has 1 saturated carbocycles. The van der Waals surface area contributed by atoms with Crippen molar-refractivity contribution in [2.75, 3.05) is 0 Å². The zero-order valence-corrected chi connectivity index (χ0v) is 7.17. The Morgan fingerprint density at radius 2 is 2.00 bits per heavy atom. The van der Waals surface area contributed by atoms with Crippen molar-refractivity contribution in [3.8, 4) is 5.75 Å². The van der Waals surface area contributed by atoms with Crippen LogP contribution in [0.5, 0.6) is 5.75 Å². The number of phenolic OH excluding ortho intramolecular Hbond substituents is 1. The van der Waals surface area contributed by atoms with Gasteiger partial charge in [0.25, 0.3) is 0 Å². The number of hydrogen-bond donors (Lipinski definition) is 2. The Hall–Kier alpha value is -0.730. The summed E-state index contributed by atoms with van der Waals surface area (Å²) in [5, 5.41) is 19.5. The molecule has 0 unspecified atom stereocenters. The maximum Gasteiger partial charge on any atom is 0.140 e. The van der Waals surface area contributed by atoms with Gasteiger partial charge in [0, 0.05) is 5.56 Å². The van der Waals surface area contributed by atoms with Crippen LogP contribution in [0.1, 0.15) is 18.4 Å². The van der Waals surface area contributed by atoms with Gasteiger partial charge in [-0.2, -0.15) is 0 Å². The molecule has 0 heterocycles. The molecule has 0 amide bonds. The van der Waals surface area contributed by atoms with E-state index in [0.29, 0.717) is 23.4 Å². The minimum atomic E-state index is -0.811. The molecule has 1 aromatic carbocycles. The van der Waals surface area contributed by atoms with Gasteiger partial charge >= 0.3 is 0 Å². The Labute approximate surface area is 75.4 Å². The van der Waals surface area contributed by atoms with Gasteiger partial charge in [-0.15, -0.1) is 0 Å². The standard InChI is InChI=1S/C9H9ClO2/c10-7-3-1-2-6(8(7)11)9(12)4-5-9/h1-3,11-12H,4-5H2. The topological polar surface area (TPSA) is 40.5 Å². The number of hydrogen-bond acceptors (Lipinski definition) is 2. The summed E-state index contributed by atoms with van der Waals surface area (Å²) in [6.45, 7) is 0. The van der Waals surface area contributed by atoms with Gasteiger partial charge < -0.3 is 10.2 Å². The van der Waals surface area contributed by atoms with Crippen molar-refractivity contribution in [2.45, 2.75) is 18.4 Å². The molecular formula is C9H9ClO2. The molecule has 0 aliphatic heterocycles. The highest BCUT2D eigenvalue weighted by Gasteiger charge is 2.44. The summed E-state index contributed by atoms with van der Waals surface area (Å²) in [5.74, 6) is 0.0131. The lowest BCUT2D eigenvalue weighted by Gasteiger charge is -2.10. The molecule has 1 aliphatic carbocycles. The van der Waals surface area contributed by atoms with E-state index in [1.807, 2.05) is 0 Å². The summed E-state index contributed by atoms with van der Waals surface area (Å²) in [4.78, 5) is 0. The molecule has 3 heteroatoms. The van der Waals surface area contributed by atoms with Gasteiger partial charge in [-0.25, -0.2) is 0 Å². The van der Waals surface area contributed by atoms with E-state index in [1.165, 1.54) is 0 Å². The Morgan fingerprint density at radius 1 is 1.33 bits per heavy atom. The number of halogens is 1. The average molecular weight is 185 g/mol. The second-order valence-corrected chi connectivity index (χ2v) is 3.57. The molecule has 1 aromatic rings. The fourth-order valence-corrected chi connectivity index (χ4v) is 1.45. The van der Waals surface area contributed by atoms with E-state index in [0.717, 1.165) is 0 Å². The van der Waals surface area contributed by atoms with E-state index < -0.39 is 5.60 Å². The van der Waals surface area contributed by atoms with E-state index in [2.05, 4.69) is 0 Å². The monoisotopic (exact) mass is 184 g/mol. The number of para-hydroxylation sites is 1. The van der Waals surface area contributed by atoms with Crippen LogP contribution in [-0.4, -0.2) is 10.2 Å². The van der Waals surface area contributed by atoms with Crippen LogP contribution in [-0.2, 0) is 5.60 Å². The van der Waals surface area contributed by atoms with Gasteiger partial charge in [-0.3, -0.25) is 0 Å². The highest BCUT2D eigenvalue weighted by molar-refractivity contribution is 6.32. The summed E-state index contributed by atoms with van der Waals surface area (Å²) in [6.07, 6.45) is 1.42. The average Bonchev–Trinajstić information content (AvgIpc) is 2.75. The maximum absolute atomic E-state index is 9.69. The van der Waals surface area contributed by atoms with Crippen LogP contribution < -0.4 is 0 Å². The SMILES string of the molecule is Oc1c(Cl)cccc1C1(O)CC1. The number of benzene rings is 1. The van der Waals surface area contributed by atoms with Crippen molar-refractivity contribution < 1.29 is 10.2 Å². The van der Waals surface area contributed by atoms with Crippen molar-refractivity contribution in [3.05, 3.63) is 28.8 Å². The molecule has 0 spiro atoms. The van der Waals surface area contributed by atoms with Gasteiger partial charge in [0.2, 0.25) is 0 Å². The molecular weight excluding hydrogens is 176 g/mol. The zero-order chi connectivity index (χ0) is 8.77. The fraction of sp³-hybridized carbons (Fsp3) is 0.333. The van der Waals surface area contributed by atoms with Crippen LogP contribution in [0.3, 0.4) is 0 Å². The molecule has 0 aromatic heterocycles. The Bertz CT molecular complexity index is 318. The molecule has 2 rings (SSSR count). The second kappa shape index (κ2) is 2.38. The minimum Gasteiger partial charge on any atom is -0.506 e. The largest absolute Gasteiger partial charge is 0.506 e. The third-order valence-corrected chi connectivity index (χ3v) is 2.52. The first-order valence-corrected chi connectivity index (χ1v) is 4.22. The maximum atomic E-state index is 9.69. The highest BCUT2D eigenvalue weighted by Crippen LogP contribution is 2.49. The number of aliphatic hydroxyl groups is 1. The van der Waals surface area contributed by atoms with E-state index in [-0.39, 0.29) is 5.75 Å². The summed E-state index contributed by atoms with van der Waals surface area (Å²) >= 11 is 5.69. The number of phenols is 1. The van der Waals surface area contributed by atoms with E-state index in [4.69, 9.17) is 11.6 Å². The first-order valence-electron chi connectivity index (χ1n) is 3.84. The lowest BCUT2D eigenvalue weighted by Crippen LogP contribution is -2.04. The summed E-state index contributed by atoms with van der Waals surface area (Å²) < 4.78 is 0. The Morgan fingerprint density at radius 3 is 2.58 bits per heavy atom. The lowest BCUT2D eigenvalue weighted by atomic mass is 10.1. The molecule has 0 bridgehead atoms. The molecule has 1 aliphatic rings. The van der Waals surface area contributed by atoms with E-state index in [1.54, 1.807) is 18.2 Å². The van der Waals surface area contributed by atoms with Crippen molar-refractivity contribution in [1.29, 1.82) is 0 Å². The first kappa shape index (κ1) is 7.90. The van der Waals surface area contributed by atoms with Crippen molar-refractivity contribution in [1.82, 2.24) is 0 Å². The minimum absolute atomic E-state index is 0.0131. The lowest BCUT2D eigenvalue weighted by molar-refractivity contribution is 0.148. The summed E-state index contributed by atoms with van der Waals surface area (Å²) in [5.41, 5.74) is -0.260.